The topological polar surface area (TPSA) is 122 Å². The number of halogens is 2. The van der Waals surface area contributed by atoms with E-state index in [-0.39, 0.29) is 34.2 Å². The number of carbonyl (C=O) groups is 1. The Labute approximate surface area is 296 Å². The number of nitrogens with one attached hydrogen (secondary N) is 2. The molecule has 2 unspecified atom stereocenters. The zero-order valence-electron chi connectivity index (χ0n) is 28.7. The summed E-state index contributed by atoms with van der Waals surface area (Å²) in [5, 5.41) is 3.76. The maximum absolute atomic E-state index is 13.0. The fraction of sp³-hybridized carbons (Fsp3) is 0.400. The van der Waals surface area contributed by atoms with Gasteiger partial charge >= 0.3 is 0 Å². The number of para-hydroxylation sites is 1. The molecule has 0 bridgehead atoms. The van der Waals surface area contributed by atoms with Crippen LogP contribution in [0.4, 0.5) is 0 Å². The predicted octanol–water partition coefficient (Wildman–Crippen LogP) is 7.41. The van der Waals surface area contributed by atoms with Crippen molar-refractivity contribution in [3.05, 3.63) is 94.5 Å². The van der Waals surface area contributed by atoms with E-state index in [0.29, 0.717) is 10.0 Å². The number of ether oxygens (including phenoxy) is 1. The van der Waals surface area contributed by atoms with Gasteiger partial charge in [0, 0.05) is 33.7 Å². The fourth-order valence-electron chi connectivity index (χ4n) is 4.34. The smallest absolute Gasteiger partial charge is 0.243 e. The van der Waals surface area contributed by atoms with Crippen molar-refractivity contribution in [2.45, 2.75) is 82.3 Å². The molecule has 0 saturated carbocycles. The van der Waals surface area contributed by atoms with Crippen LogP contribution in [0.25, 0.3) is 6.08 Å². The summed E-state index contributed by atoms with van der Waals surface area (Å²) in [5.41, 5.74) is 0.471. The highest BCUT2D eigenvalue weighted by atomic mass is 35.5. The first kappa shape index (κ1) is 41.2. The number of benzene rings is 3. The lowest BCUT2D eigenvalue weighted by molar-refractivity contribution is -0.125. The third kappa shape index (κ3) is 12.5. The van der Waals surface area contributed by atoms with Gasteiger partial charge in [0.25, 0.3) is 0 Å². The molecule has 13 heteroatoms. The van der Waals surface area contributed by atoms with Gasteiger partial charge in [-0.1, -0.05) is 74.3 Å². The van der Waals surface area contributed by atoms with Gasteiger partial charge in [-0.3, -0.25) is 4.79 Å². The van der Waals surface area contributed by atoms with Crippen LogP contribution in [0.1, 0.15) is 60.5 Å². The second kappa shape index (κ2) is 18.2. The second-order valence-electron chi connectivity index (χ2n) is 12.5. The van der Waals surface area contributed by atoms with Crippen LogP contribution in [0.3, 0.4) is 0 Å². The molecule has 264 valence electrons. The standard InChI is InChI=1S/C20H24ClNO3S.C15H23ClN2O3S/c1-4-16(2)22(26(23,24)19-13-11-18(21)12-14-19)15-7-9-17-8-5-6-10-20(17)25-3;1-10(2)13(14(19)17-15(3,4)5)18-22(20,21)12-8-6-11(16)7-9-12/h5-14,16H,4,15H2,1-3H3;6-10,13,18H,1-5H3,(H,17,19). The summed E-state index contributed by atoms with van der Waals surface area (Å²) in [4.78, 5) is 12.6. The molecule has 0 aliphatic rings. The van der Waals surface area contributed by atoms with Gasteiger partial charge in [-0.2, -0.15) is 9.03 Å². The van der Waals surface area contributed by atoms with E-state index < -0.39 is 31.6 Å². The number of methoxy groups -OCH3 is 1. The van der Waals surface area contributed by atoms with Crippen molar-refractivity contribution in [2.24, 2.45) is 5.92 Å². The lowest BCUT2D eigenvalue weighted by Crippen LogP contribution is -2.54. The average molecular weight is 741 g/mol. The Bertz CT molecular complexity index is 1720. The molecule has 0 heterocycles. The van der Waals surface area contributed by atoms with Gasteiger partial charge in [0.05, 0.1) is 16.9 Å². The Hall–Kier alpha value is -2.93. The van der Waals surface area contributed by atoms with Gasteiger partial charge < -0.3 is 10.1 Å². The number of rotatable bonds is 13. The number of nitrogens with zero attached hydrogens (tertiary/aromatic N) is 1. The van der Waals surface area contributed by atoms with Crippen molar-refractivity contribution in [1.82, 2.24) is 14.3 Å². The van der Waals surface area contributed by atoms with Gasteiger partial charge in [0.2, 0.25) is 26.0 Å². The summed E-state index contributed by atoms with van der Waals surface area (Å²) >= 11 is 11.6. The van der Waals surface area contributed by atoms with Crippen LogP contribution in [0.5, 0.6) is 5.75 Å². The fourth-order valence-corrected chi connectivity index (χ4v) is 7.59. The Morgan fingerprint density at radius 1 is 0.875 bits per heavy atom. The molecule has 9 nitrogen and oxygen atoms in total. The van der Waals surface area contributed by atoms with Crippen LogP contribution in [0, 0.1) is 5.92 Å². The first-order chi connectivity index (χ1) is 22.3. The highest BCUT2D eigenvalue weighted by Gasteiger charge is 2.30. The van der Waals surface area contributed by atoms with Crippen LogP contribution < -0.4 is 14.8 Å². The number of sulfonamides is 2. The molecule has 3 aromatic rings. The minimum atomic E-state index is -3.79. The normalized spacial score (nSPS) is 13.6. The van der Waals surface area contributed by atoms with E-state index in [1.807, 2.05) is 71.0 Å². The maximum Gasteiger partial charge on any atom is 0.243 e. The highest BCUT2D eigenvalue weighted by molar-refractivity contribution is 7.89. The quantitative estimate of drug-likeness (QED) is 0.188. The van der Waals surface area contributed by atoms with Crippen LogP contribution in [0.15, 0.2) is 88.7 Å². The summed E-state index contributed by atoms with van der Waals surface area (Å²) in [6.07, 6.45) is 4.44. The van der Waals surface area contributed by atoms with Crippen LogP contribution in [-0.4, -0.2) is 58.3 Å². The zero-order chi connectivity index (χ0) is 36.3. The van der Waals surface area contributed by atoms with E-state index in [1.54, 1.807) is 33.1 Å². The third-order valence-electron chi connectivity index (χ3n) is 7.08. The zero-order valence-corrected chi connectivity index (χ0v) is 31.8. The second-order valence-corrected chi connectivity index (χ2v) is 16.9. The van der Waals surface area contributed by atoms with Gasteiger partial charge in [-0.05, 0) is 94.6 Å². The number of carbonyl (C=O) groups excluding carboxylic acids is 1. The molecule has 3 rings (SSSR count). The summed E-state index contributed by atoms with van der Waals surface area (Å²) in [5.74, 6) is 0.212. The monoisotopic (exact) mass is 739 g/mol. The van der Waals surface area contributed by atoms with Crippen molar-refractivity contribution >= 4 is 55.2 Å². The minimum absolute atomic E-state index is 0.0751. The SMILES string of the molecule is CC(C)C(NS(=O)(=O)c1ccc(Cl)cc1)C(=O)NC(C)(C)C.CCC(C)N(CC=Cc1ccccc1OC)S(=O)(=O)c1ccc(Cl)cc1. The molecule has 3 aromatic carbocycles. The van der Waals surface area contributed by atoms with E-state index in [1.165, 1.54) is 40.7 Å². The molecule has 0 aliphatic carbocycles. The first-order valence-corrected chi connectivity index (χ1v) is 19.2. The van der Waals surface area contributed by atoms with Gasteiger partial charge in [-0.15, -0.1) is 0 Å². The molecular formula is C35H47Cl2N3O6S2. The van der Waals surface area contributed by atoms with Gasteiger partial charge in [-0.25, -0.2) is 16.8 Å². The van der Waals surface area contributed by atoms with Gasteiger partial charge in [0.1, 0.15) is 11.8 Å². The number of hydrogen-bond donors (Lipinski definition) is 2. The molecule has 2 atom stereocenters. The third-order valence-corrected chi connectivity index (χ3v) is 11.0. The molecule has 48 heavy (non-hydrogen) atoms. The lowest BCUT2D eigenvalue weighted by atomic mass is 10.0. The summed E-state index contributed by atoms with van der Waals surface area (Å²) in [7, 11) is -5.78. The first-order valence-electron chi connectivity index (χ1n) is 15.5. The number of hydrogen-bond acceptors (Lipinski definition) is 6. The molecule has 0 aliphatic heterocycles. The lowest BCUT2D eigenvalue weighted by Gasteiger charge is -2.27. The molecule has 0 fully saturated rings. The van der Waals surface area contributed by atoms with E-state index in [4.69, 9.17) is 27.9 Å². The minimum Gasteiger partial charge on any atom is -0.496 e. The van der Waals surface area contributed by atoms with Crippen LogP contribution >= 0.6 is 23.2 Å². The van der Waals surface area contributed by atoms with Gasteiger partial charge in [0.15, 0.2) is 0 Å². The Balaban J connectivity index is 0.000000339. The van der Waals surface area contributed by atoms with Crippen molar-refractivity contribution < 1.29 is 26.4 Å². The Morgan fingerprint density at radius 3 is 1.88 bits per heavy atom. The highest BCUT2D eigenvalue weighted by Crippen LogP contribution is 2.23. The predicted molar refractivity (Wildman–Crippen MR) is 195 cm³/mol. The van der Waals surface area contributed by atoms with Crippen molar-refractivity contribution in [2.75, 3.05) is 13.7 Å². The summed E-state index contributed by atoms with van der Waals surface area (Å²) in [6.45, 7) is 13.3. The molecule has 0 saturated heterocycles. The average Bonchev–Trinajstić information content (AvgIpc) is 3.01. The number of amides is 1. The summed E-state index contributed by atoms with van der Waals surface area (Å²) in [6, 6.07) is 18.7. The summed E-state index contributed by atoms with van der Waals surface area (Å²) < 4.78 is 60.1. The molecule has 2 N–H and O–H groups in total. The van der Waals surface area contributed by atoms with E-state index in [2.05, 4.69) is 10.0 Å². The molecule has 0 radical (unpaired) electrons. The molecular weight excluding hydrogens is 693 g/mol. The van der Waals surface area contributed by atoms with Crippen LogP contribution in [-0.2, 0) is 24.8 Å². The van der Waals surface area contributed by atoms with Crippen molar-refractivity contribution in [1.29, 1.82) is 0 Å². The van der Waals surface area contributed by atoms with E-state index in [9.17, 15) is 21.6 Å². The van der Waals surface area contributed by atoms with E-state index in [0.717, 1.165) is 17.7 Å². The van der Waals surface area contributed by atoms with Crippen molar-refractivity contribution in [3.8, 4) is 5.75 Å². The Morgan fingerprint density at radius 2 is 1.40 bits per heavy atom. The Kier molecular flexibility index (Phi) is 15.6. The molecule has 0 spiro atoms. The van der Waals surface area contributed by atoms with E-state index >= 15 is 0 Å². The van der Waals surface area contributed by atoms with Crippen LogP contribution in [0.2, 0.25) is 10.0 Å². The molecule has 1 amide bonds. The maximum atomic E-state index is 13.0. The largest absolute Gasteiger partial charge is 0.496 e. The van der Waals surface area contributed by atoms with Crippen molar-refractivity contribution in [3.63, 3.8) is 0 Å². The molecule has 0 aromatic heterocycles.